The van der Waals surface area contributed by atoms with Gasteiger partial charge in [-0.2, -0.15) is 5.10 Å². The Morgan fingerprint density at radius 1 is 1.30 bits per heavy atom. The van der Waals surface area contributed by atoms with E-state index in [0.29, 0.717) is 12.1 Å². The molecule has 23 heavy (non-hydrogen) atoms. The molecule has 1 heterocycles. The monoisotopic (exact) mass is 319 g/mol. The molecule has 1 aromatic carbocycles. The van der Waals surface area contributed by atoms with E-state index >= 15 is 0 Å². The van der Waals surface area contributed by atoms with Crippen LogP contribution in [0.1, 0.15) is 29.5 Å². The van der Waals surface area contributed by atoms with E-state index in [-0.39, 0.29) is 6.42 Å². The van der Waals surface area contributed by atoms with Gasteiger partial charge in [0.05, 0.1) is 18.7 Å². The first kappa shape index (κ1) is 16.7. The lowest BCUT2D eigenvalue weighted by atomic mass is 10.1. The van der Waals surface area contributed by atoms with Crippen molar-refractivity contribution in [2.24, 2.45) is 5.73 Å². The van der Waals surface area contributed by atoms with Gasteiger partial charge in [0.2, 0.25) is 6.10 Å². The molecule has 122 valence electrons. The number of hydrogen-bond donors (Lipinski definition) is 1. The molecule has 1 amide bonds. The van der Waals surface area contributed by atoms with Gasteiger partial charge in [0.1, 0.15) is 5.82 Å². The molecule has 2 N–H and O–H groups in total. The number of hydrogen-bond acceptors (Lipinski definition) is 4. The fourth-order valence-electron chi connectivity index (χ4n) is 2.22. The molecule has 2 aromatic rings. The Kier molecular flexibility index (Phi) is 5.10. The van der Waals surface area contributed by atoms with Gasteiger partial charge >= 0.3 is 5.97 Å². The molecule has 0 unspecified atom stereocenters. The molecule has 0 bridgehead atoms. The smallest absolute Gasteiger partial charge is 0.308 e. The number of nitrogens with two attached hydrogens (primary N) is 1. The van der Waals surface area contributed by atoms with Crippen molar-refractivity contribution in [3.63, 3.8) is 0 Å². The van der Waals surface area contributed by atoms with Crippen LogP contribution in [0.2, 0.25) is 0 Å². The van der Waals surface area contributed by atoms with Crippen LogP contribution in [0.5, 0.6) is 0 Å². The Balaban J connectivity index is 1.99. The molecule has 0 aliphatic rings. The molecule has 1 aromatic heterocycles. The molecule has 6 nitrogen and oxygen atoms in total. The summed E-state index contributed by atoms with van der Waals surface area (Å²) < 4.78 is 19.7. The van der Waals surface area contributed by atoms with Gasteiger partial charge in [0.15, 0.2) is 0 Å². The largest absolute Gasteiger partial charge is 0.447 e. The van der Waals surface area contributed by atoms with Crippen LogP contribution in [0.3, 0.4) is 0 Å². The molecule has 1 atom stereocenters. The lowest BCUT2D eigenvalue weighted by Crippen LogP contribution is -2.26. The Labute approximate surface area is 133 Å². The van der Waals surface area contributed by atoms with Crippen LogP contribution >= 0.6 is 0 Å². The fraction of sp³-hybridized carbons (Fsp3) is 0.312. The highest BCUT2D eigenvalue weighted by atomic mass is 19.1. The van der Waals surface area contributed by atoms with Crippen LogP contribution in [0.4, 0.5) is 4.39 Å². The van der Waals surface area contributed by atoms with Crippen molar-refractivity contribution in [2.45, 2.75) is 32.9 Å². The summed E-state index contributed by atoms with van der Waals surface area (Å²) in [5.41, 5.74) is 7.38. The topological polar surface area (TPSA) is 87.2 Å². The van der Waals surface area contributed by atoms with Crippen molar-refractivity contribution in [1.82, 2.24) is 9.78 Å². The predicted octanol–water partition coefficient (Wildman–Crippen LogP) is 1.80. The van der Waals surface area contributed by atoms with Crippen LogP contribution in [-0.4, -0.2) is 21.7 Å². The fourth-order valence-corrected chi connectivity index (χ4v) is 2.22. The number of esters is 1. The number of nitrogens with zero attached hydrogens (tertiary/aromatic N) is 2. The summed E-state index contributed by atoms with van der Waals surface area (Å²) in [4.78, 5) is 23.4. The zero-order valence-electron chi connectivity index (χ0n) is 13.0. The van der Waals surface area contributed by atoms with E-state index in [1.54, 1.807) is 4.68 Å². The highest BCUT2D eigenvalue weighted by Crippen LogP contribution is 2.18. The van der Waals surface area contributed by atoms with E-state index in [1.165, 1.54) is 24.3 Å². The van der Waals surface area contributed by atoms with Gasteiger partial charge in [-0.1, -0.05) is 12.1 Å². The van der Waals surface area contributed by atoms with E-state index in [0.717, 1.165) is 11.4 Å². The van der Waals surface area contributed by atoms with Crippen LogP contribution in [0.25, 0.3) is 0 Å². The van der Waals surface area contributed by atoms with Crippen molar-refractivity contribution in [3.8, 4) is 0 Å². The lowest BCUT2D eigenvalue weighted by Gasteiger charge is -2.15. The van der Waals surface area contributed by atoms with E-state index in [4.69, 9.17) is 10.5 Å². The summed E-state index contributed by atoms with van der Waals surface area (Å²) in [6.07, 6.45) is -1.18. The maximum atomic E-state index is 12.9. The molecule has 0 spiro atoms. The van der Waals surface area contributed by atoms with Gasteiger partial charge in [-0.05, 0) is 32.0 Å². The molecule has 0 fully saturated rings. The minimum Gasteiger partial charge on any atom is -0.447 e. The minimum absolute atomic E-state index is 0.0485. The SMILES string of the molecule is Cc1cc(C)n(CCC(=O)O[C@@H](C(N)=O)c2ccc(F)cc2)n1. The quantitative estimate of drug-likeness (QED) is 0.822. The van der Waals surface area contributed by atoms with E-state index in [9.17, 15) is 14.0 Å². The van der Waals surface area contributed by atoms with Gasteiger partial charge in [-0.15, -0.1) is 0 Å². The van der Waals surface area contributed by atoms with Gasteiger partial charge in [0, 0.05) is 11.3 Å². The number of benzene rings is 1. The standard InChI is InChI=1S/C16H18FN3O3/c1-10-9-11(2)20(19-10)8-7-14(21)23-15(16(18)22)12-3-5-13(17)6-4-12/h3-6,9,15H,7-8H2,1-2H3,(H2,18,22)/t15-/m1/s1. The molecule has 7 heteroatoms. The number of amides is 1. The summed E-state index contributed by atoms with van der Waals surface area (Å²) in [7, 11) is 0. The number of carbonyl (C=O) groups excluding carboxylic acids is 2. The van der Waals surface area contributed by atoms with E-state index in [1.807, 2.05) is 19.9 Å². The number of aromatic nitrogens is 2. The second-order valence-corrected chi connectivity index (χ2v) is 5.22. The molecule has 0 radical (unpaired) electrons. The Morgan fingerprint density at radius 3 is 2.48 bits per heavy atom. The van der Waals surface area contributed by atoms with Crippen LogP contribution in [0, 0.1) is 19.7 Å². The second-order valence-electron chi connectivity index (χ2n) is 5.22. The minimum atomic E-state index is -1.23. The Morgan fingerprint density at radius 2 is 1.96 bits per heavy atom. The molecule has 0 aliphatic heterocycles. The highest BCUT2D eigenvalue weighted by molar-refractivity contribution is 5.83. The first-order valence-corrected chi connectivity index (χ1v) is 7.12. The lowest BCUT2D eigenvalue weighted by molar-refractivity contribution is -0.155. The predicted molar refractivity (Wildman–Crippen MR) is 80.7 cm³/mol. The number of ether oxygens (including phenoxy) is 1. The van der Waals surface area contributed by atoms with Crippen LogP contribution in [-0.2, 0) is 20.9 Å². The molecular weight excluding hydrogens is 301 g/mol. The van der Waals surface area contributed by atoms with Crippen LogP contribution in [0.15, 0.2) is 30.3 Å². The third kappa shape index (κ3) is 4.38. The zero-order valence-corrected chi connectivity index (χ0v) is 13.0. The number of aryl methyl sites for hydroxylation is 3. The van der Waals surface area contributed by atoms with Crippen molar-refractivity contribution >= 4 is 11.9 Å². The van der Waals surface area contributed by atoms with Crippen molar-refractivity contribution in [3.05, 3.63) is 53.1 Å². The number of primary amides is 1. The van der Waals surface area contributed by atoms with Crippen molar-refractivity contribution in [2.75, 3.05) is 0 Å². The second kappa shape index (κ2) is 7.04. The summed E-state index contributed by atoms with van der Waals surface area (Å²) >= 11 is 0. The summed E-state index contributed by atoms with van der Waals surface area (Å²) in [6.45, 7) is 4.09. The molecule has 0 aliphatic carbocycles. The average Bonchev–Trinajstić information content (AvgIpc) is 2.81. The van der Waals surface area contributed by atoms with Crippen LogP contribution < -0.4 is 5.73 Å². The average molecular weight is 319 g/mol. The molecule has 0 saturated heterocycles. The highest BCUT2D eigenvalue weighted by Gasteiger charge is 2.22. The Hall–Kier alpha value is -2.70. The summed E-state index contributed by atoms with van der Waals surface area (Å²) in [5, 5.41) is 4.24. The van der Waals surface area contributed by atoms with Crippen molar-refractivity contribution < 1.29 is 18.7 Å². The Bertz CT molecular complexity index is 710. The number of rotatable bonds is 6. The first-order chi connectivity index (χ1) is 10.9. The van der Waals surface area contributed by atoms with Gasteiger partial charge in [-0.25, -0.2) is 4.39 Å². The molecular formula is C16H18FN3O3. The van der Waals surface area contributed by atoms with E-state index in [2.05, 4.69) is 5.10 Å². The summed E-state index contributed by atoms with van der Waals surface area (Å²) in [6, 6.07) is 6.97. The van der Waals surface area contributed by atoms with Crippen molar-refractivity contribution in [1.29, 1.82) is 0 Å². The third-order valence-corrected chi connectivity index (χ3v) is 3.31. The first-order valence-electron chi connectivity index (χ1n) is 7.12. The van der Waals surface area contributed by atoms with Gasteiger partial charge in [0.25, 0.3) is 5.91 Å². The number of halogens is 1. The summed E-state index contributed by atoms with van der Waals surface area (Å²) in [5.74, 6) is -1.84. The van der Waals surface area contributed by atoms with E-state index < -0.39 is 23.8 Å². The zero-order chi connectivity index (χ0) is 17.0. The normalized spacial score (nSPS) is 12.0. The number of carbonyl (C=O) groups is 2. The maximum Gasteiger partial charge on any atom is 0.308 e. The maximum absolute atomic E-state index is 12.9. The third-order valence-electron chi connectivity index (χ3n) is 3.31. The molecule has 2 rings (SSSR count). The van der Waals surface area contributed by atoms with Gasteiger partial charge in [-0.3, -0.25) is 14.3 Å². The van der Waals surface area contributed by atoms with Gasteiger partial charge < -0.3 is 10.5 Å². The molecule has 0 saturated carbocycles.